The van der Waals surface area contributed by atoms with Gasteiger partial charge in [-0.2, -0.15) is 13.2 Å². The van der Waals surface area contributed by atoms with Gasteiger partial charge in [0.25, 0.3) is 11.5 Å². The molecule has 3 nitrogen and oxygen atoms in total. The standard InChI is InChI=1S/C13H12F3NO2/c14-13(15,16)12(19)9-6-5-7-3-1-2-4-8(7)10(9)17-11(12)18/h5-6,19H,1-4H2,(H,17,18)/t12-/m1/s1. The van der Waals surface area contributed by atoms with Crippen molar-refractivity contribution in [3.8, 4) is 0 Å². The lowest BCUT2D eigenvalue weighted by molar-refractivity contribution is -0.252. The van der Waals surface area contributed by atoms with Gasteiger partial charge in [-0.1, -0.05) is 12.1 Å². The topological polar surface area (TPSA) is 49.3 Å². The fourth-order valence-corrected chi connectivity index (χ4v) is 2.88. The predicted octanol–water partition coefficient (Wildman–Crippen LogP) is 2.27. The Kier molecular flexibility index (Phi) is 2.44. The van der Waals surface area contributed by atoms with Gasteiger partial charge in [-0.3, -0.25) is 4.79 Å². The number of amides is 1. The summed E-state index contributed by atoms with van der Waals surface area (Å²) in [5.41, 5.74) is -1.95. The molecule has 0 radical (unpaired) electrons. The maximum Gasteiger partial charge on any atom is 0.430 e. The smallest absolute Gasteiger partial charge is 0.368 e. The van der Waals surface area contributed by atoms with Crippen LogP contribution in [0.25, 0.3) is 0 Å². The number of benzene rings is 1. The summed E-state index contributed by atoms with van der Waals surface area (Å²) in [6, 6.07) is 2.80. The molecule has 1 aromatic rings. The number of hydrogen-bond donors (Lipinski definition) is 2. The van der Waals surface area contributed by atoms with Gasteiger partial charge in [0.15, 0.2) is 0 Å². The Balaban J connectivity index is 2.21. The van der Waals surface area contributed by atoms with E-state index in [9.17, 15) is 23.1 Å². The third kappa shape index (κ3) is 1.52. The first kappa shape index (κ1) is 12.5. The number of carbonyl (C=O) groups is 1. The highest BCUT2D eigenvalue weighted by molar-refractivity contribution is 6.06. The first-order chi connectivity index (χ1) is 8.85. The van der Waals surface area contributed by atoms with Gasteiger partial charge in [-0.25, -0.2) is 0 Å². The molecular weight excluding hydrogens is 259 g/mol. The molecule has 1 aliphatic carbocycles. The van der Waals surface area contributed by atoms with Crippen LogP contribution in [0.1, 0.15) is 29.5 Å². The molecule has 1 amide bonds. The number of alkyl halides is 3. The van der Waals surface area contributed by atoms with Crippen LogP contribution >= 0.6 is 0 Å². The molecule has 102 valence electrons. The van der Waals surface area contributed by atoms with Gasteiger partial charge in [-0.15, -0.1) is 0 Å². The van der Waals surface area contributed by atoms with Crippen molar-refractivity contribution >= 4 is 11.6 Å². The van der Waals surface area contributed by atoms with Crippen molar-refractivity contribution < 1.29 is 23.1 Å². The zero-order valence-corrected chi connectivity index (χ0v) is 9.97. The average Bonchev–Trinajstić information content (AvgIpc) is 2.63. The number of rotatable bonds is 0. The molecule has 1 aliphatic heterocycles. The molecule has 1 atom stereocenters. The maximum absolute atomic E-state index is 13.0. The highest BCUT2D eigenvalue weighted by atomic mass is 19.4. The van der Waals surface area contributed by atoms with Crippen molar-refractivity contribution in [1.82, 2.24) is 0 Å². The Morgan fingerprint density at radius 3 is 2.58 bits per heavy atom. The van der Waals surface area contributed by atoms with Crippen molar-refractivity contribution in [2.45, 2.75) is 37.5 Å². The summed E-state index contributed by atoms with van der Waals surface area (Å²) in [6.45, 7) is 0. The van der Waals surface area contributed by atoms with Gasteiger partial charge >= 0.3 is 6.18 Å². The molecule has 0 aromatic heterocycles. The SMILES string of the molecule is O=C1Nc2c(ccc3c2CCCC3)[C@]1(O)C(F)(F)F. The molecule has 0 unspecified atom stereocenters. The summed E-state index contributed by atoms with van der Waals surface area (Å²) in [4.78, 5) is 11.6. The molecule has 1 aromatic carbocycles. The molecule has 0 saturated heterocycles. The number of hydrogen-bond acceptors (Lipinski definition) is 2. The third-order valence-corrected chi connectivity index (χ3v) is 3.90. The minimum Gasteiger partial charge on any atom is -0.368 e. The van der Waals surface area contributed by atoms with E-state index in [0.29, 0.717) is 6.42 Å². The minimum atomic E-state index is -5.02. The Morgan fingerprint density at radius 1 is 1.21 bits per heavy atom. The summed E-state index contributed by atoms with van der Waals surface area (Å²) in [5.74, 6) is -1.41. The first-order valence-corrected chi connectivity index (χ1v) is 6.11. The van der Waals surface area contributed by atoms with E-state index in [0.717, 1.165) is 30.4 Å². The second kappa shape index (κ2) is 3.72. The van der Waals surface area contributed by atoms with Gasteiger partial charge in [0.1, 0.15) is 0 Å². The van der Waals surface area contributed by atoms with Crippen LogP contribution in [0.3, 0.4) is 0 Å². The van der Waals surface area contributed by atoms with Crippen molar-refractivity contribution in [3.05, 3.63) is 28.8 Å². The van der Waals surface area contributed by atoms with Crippen LogP contribution in [0.15, 0.2) is 12.1 Å². The van der Waals surface area contributed by atoms with Crippen LogP contribution in [-0.4, -0.2) is 17.2 Å². The number of nitrogens with one attached hydrogen (secondary N) is 1. The van der Waals surface area contributed by atoms with Gasteiger partial charge in [-0.05, 0) is 36.8 Å². The number of aliphatic hydroxyl groups is 1. The molecule has 1 heterocycles. The van der Waals surface area contributed by atoms with E-state index in [2.05, 4.69) is 5.32 Å². The van der Waals surface area contributed by atoms with Gasteiger partial charge in [0, 0.05) is 5.56 Å². The molecule has 19 heavy (non-hydrogen) atoms. The number of aryl methyl sites for hydroxylation is 1. The highest BCUT2D eigenvalue weighted by Crippen LogP contribution is 2.49. The first-order valence-electron chi connectivity index (χ1n) is 6.11. The Labute approximate surface area is 107 Å². The van der Waals surface area contributed by atoms with Gasteiger partial charge in [0.2, 0.25) is 0 Å². The second-order valence-electron chi connectivity index (χ2n) is 5.00. The predicted molar refractivity (Wildman–Crippen MR) is 61.7 cm³/mol. The summed E-state index contributed by atoms with van der Waals surface area (Å²) >= 11 is 0. The lowest BCUT2D eigenvalue weighted by Crippen LogP contribution is -2.47. The summed E-state index contributed by atoms with van der Waals surface area (Å²) in [6.07, 6.45) is -1.73. The van der Waals surface area contributed by atoms with Crippen LogP contribution in [0.2, 0.25) is 0 Å². The molecule has 0 bridgehead atoms. The molecule has 0 fully saturated rings. The summed E-state index contributed by atoms with van der Waals surface area (Å²) < 4.78 is 39.0. The van der Waals surface area contributed by atoms with E-state index in [1.54, 1.807) is 6.07 Å². The van der Waals surface area contributed by atoms with Crippen molar-refractivity contribution in [2.75, 3.05) is 5.32 Å². The van der Waals surface area contributed by atoms with Crippen molar-refractivity contribution in [2.24, 2.45) is 0 Å². The monoisotopic (exact) mass is 271 g/mol. The molecule has 3 rings (SSSR count). The van der Waals surface area contributed by atoms with Crippen molar-refractivity contribution in [1.29, 1.82) is 0 Å². The van der Waals surface area contributed by atoms with E-state index in [4.69, 9.17) is 0 Å². The summed E-state index contributed by atoms with van der Waals surface area (Å²) in [7, 11) is 0. The third-order valence-electron chi connectivity index (χ3n) is 3.90. The molecule has 0 spiro atoms. The van der Waals surface area contributed by atoms with E-state index < -0.39 is 17.7 Å². The lowest BCUT2D eigenvalue weighted by Gasteiger charge is -2.24. The second-order valence-corrected chi connectivity index (χ2v) is 5.00. The minimum absolute atomic E-state index is 0.155. The number of carbonyl (C=O) groups excluding carboxylic acids is 1. The Hall–Kier alpha value is -1.56. The molecule has 2 N–H and O–H groups in total. The van der Waals surface area contributed by atoms with Gasteiger partial charge in [0.05, 0.1) is 5.69 Å². The summed E-state index contributed by atoms with van der Waals surface area (Å²) in [5, 5.41) is 12.0. The van der Waals surface area contributed by atoms with E-state index in [1.807, 2.05) is 0 Å². The largest absolute Gasteiger partial charge is 0.430 e. The average molecular weight is 271 g/mol. The lowest BCUT2D eigenvalue weighted by atomic mass is 9.85. The van der Waals surface area contributed by atoms with Crippen LogP contribution in [0.5, 0.6) is 0 Å². The van der Waals surface area contributed by atoms with Gasteiger partial charge < -0.3 is 10.4 Å². The normalized spacial score (nSPS) is 25.8. The highest BCUT2D eigenvalue weighted by Gasteiger charge is 2.64. The van der Waals surface area contributed by atoms with Crippen LogP contribution < -0.4 is 5.32 Å². The van der Waals surface area contributed by atoms with Crippen LogP contribution in [0, 0.1) is 0 Å². The van der Waals surface area contributed by atoms with E-state index in [1.165, 1.54) is 6.07 Å². The zero-order valence-electron chi connectivity index (χ0n) is 9.97. The number of halogens is 3. The fourth-order valence-electron chi connectivity index (χ4n) is 2.88. The molecular formula is C13H12F3NO2. The maximum atomic E-state index is 13.0. The number of anilines is 1. The Bertz CT molecular complexity index is 568. The molecule has 2 aliphatic rings. The van der Waals surface area contributed by atoms with E-state index >= 15 is 0 Å². The van der Waals surface area contributed by atoms with E-state index in [-0.39, 0.29) is 11.3 Å². The zero-order chi connectivity index (χ0) is 13.8. The quantitative estimate of drug-likeness (QED) is 0.760. The Morgan fingerprint density at radius 2 is 1.89 bits per heavy atom. The number of fused-ring (bicyclic) bond motifs is 3. The molecule has 6 heteroatoms. The molecule has 0 saturated carbocycles. The van der Waals surface area contributed by atoms with Crippen LogP contribution in [-0.2, 0) is 23.2 Å². The van der Waals surface area contributed by atoms with Crippen molar-refractivity contribution in [3.63, 3.8) is 0 Å². The van der Waals surface area contributed by atoms with Crippen LogP contribution in [0.4, 0.5) is 18.9 Å². The fraction of sp³-hybridized carbons (Fsp3) is 0.462.